The van der Waals surface area contributed by atoms with E-state index >= 15 is 0 Å². The van der Waals surface area contributed by atoms with Crippen molar-refractivity contribution in [2.24, 2.45) is 5.11 Å². The maximum atomic E-state index is 11.7. The highest BCUT2D eigenvalue weighted by molar-refractivity contribution is 7.08. The van der Waals surface area contributed by atoms with Crippen LogP contribution in [0.2, 0.25) is 0 Å². The van der Waals surface area contributed by atoms with Gasteiger partial charge in [-0.05, 0) is 23.0 Å². The zero-order valence-corrected chi connectivity index (χ0v) is 9.86. The summed E-state index contributed by atoms with van der Waals surface area (Å²) in [6.45, 7) is 4.46. The van der Waals surface area contributed by atoms with Gasteiger partial charge in [-0.15, -0.1) is 5.10 Å². The number of aromatic nitrogens is 2. The largest absolute Gasteiger partial charge is 0.351 e. The van der Waals surface area contributed by atoms with Crippen molar-refractivity contribution in [3.05, 3.63) is 21.0 Å². The Bertz CT molecular complexity index is 408. The summed E-state index contributed by atoms with van der Waals surface area (Å²) in [5, 5.41) is 9.87. The molecule has 1 aromatic rings. The Labute approximate surface area is 96.7 Å². The van der Waals surface area contributed by atoms with Crippen molar-refractivity contribution in [3.63, 3.8) is 0 Å². The number of azide groups is 1. The molecule has 0 aliphatic carbocycles. The molecule has 0 atom stereocenters. The lowest BCUT2D eigenvalue weighted by atomic mass is 10.1. The van der Waals surface area contributed by atoms with E-state index < -0.39 is 0 Å². The number of nitrogens with one attached hydrogen (secondary N) is 1. The summed E-state index contributed by atoms with van der Waals surface area (Å²) in [4.78, 5) is 14.8. The molecule has 0 spiro atoms. The van der Waals surface area contributed by atoms with Crippen LogP contribution in [0.25, 0.3) is 10.4 Å². The van der Waals surface area contributed by atoms with Crippen molar-refractivity contribution in [2.45, 2.75) is 19.8 Å². The van der Waals surface area contributed by atoms with Crippen LogP contribution in [0, 0.1) is 0 Å². The van der Waals surface area contributed by atoms with E-state index in [0.29, 0.717) is 17.1 Å². The lowest BCUT2D eigenvalue weighted by Crippen LogP contribution is -2.26. The number of carbonyl (C=O) groups is 1. The van der Waals surface area contributed by atoms with E-state index in [1.54, 1.807) is 0 Å². The summed E-state index contributed by atoms with van der Waals surface area (Å²) in [7, 11) is 0. The second-order valence-corrected chi connectivity index (χ2v) is 4.11. The van der Waals surface area contributed by atoms with Crippen molar-refractivity contribution in [1.82, 2.24) is 14.9 Å². The summed E-state index contributed by atoms with van der Waals surface area (Å²) in [6, 6.07) is 0. The van der Waals surface area contributed by atoms with Crippen LogP contribution >= 0.6 is 11.5 Å². The quantitative estimate of drug-likeness (QED) is 0.366. The Kier molecular flexibility index (Phi) is 4.68. The number of hydrogen-bond acceptors (Lipinski definition) is 5. The first-order valence-corrected chi connectivity index (χ1v) is 5.55. The summed E-state index contributed by atoms with van der Waals surface area (Å²) < 4.78 is 3.76. The minimum Gasteiger partial charge on any atom is -0.351 e. The van der Waals surface area contributed by atoms with Gasteiger partial charge in [0.15, 0.2) is 0 Å². The Hall–Kier alpha value is -1.66. The molecule has 8 heteroatoms. The first-order chi connectivity index (χ1) is 7.66. The Morgan fingerprint density at radius 2 is 2.44 bits per heavy atom. The highest BCUT2D eigenvalue weighted by Crippen LogP contribution is 2.19. The smallest absolute Gasteiger partial charge is 0.264 e. The van der Waals surface area contributed by atoms with Gasteiger partial charge in [-0.25, -0.2) is 0 Å². The van der Waals surface area contributed by atoms with E-state index in [2.05, 4.69) is 24.9 Å². The molecule has 0 aromatic carbocycles. The molecule has 7 nitrogen and oxygen atoms in total. The first kappa shape index (κ1) is 12.4. The van der Waals surface area contributed by atoms with Crippen molar-refractivity contribution < 1.29 is 4.79 Å². The second kappa shape index (κ2) is 6.04. The lowest BCUT2D eigenvalue weighted by Gasteiger charge is -2.04. The first-order valence-electron chi connectivity index (χ1n) is 4.78. The standard InChI is InChI=1S/C8H12N6OS/c1-5(2)6-7(16-14-12-6)8(15)10-3-4-11-13-9/h5H,3-4H2,1-2H3,(H,10,15). The van der Waals surface area contributed by atoms with Gasteiger partial charge in [-0.3, -0.25) is 4.79 Å². The van der Waals surface area contributed by atoms with Gasteiger partial charge in [0.1, 0.15) is 4.88 Å². The number of hydrogen-bond donors (Lipinski definition) is 1. The van der Waals surface area contributed by atoms with Crippen LogP contribution in [0.4, 0.5) is 0 Å². The second-order valence-electron chi connectivity index (χ2n) is 3.35. The van der Waals surface area contributed by atoms with Gasteiger partial charge in [-0.2, -0.15) is 0 Å². The normalized spacial score (nSPS) is 9.94. The van der Waals surface area contributed by atoms with E-state index in [1.165, 1.54) is 0 Å². The third-order valence-electron chi connectivity index (χ3n) is 1.83. The van der Waals surface area contributed by atoms with Gasteiger partial charge < -0.3 is 5.32 Å². The zero-order chi connectivity index (χ0) is 12.0. The lowest BCUT2D eigenvalue weighted by molar-refractivity contribution is 0.0957. The summed E-state index contributed by atoms with van der Waals surface area (Å²) in [6.07, 6.45) is 0. The molecule has 0 radical (unpaired) electrons. The maximum absolute atomic E-state index is 11.7. The average Bonchev–Trinajstić information content (AvgIpc) is 2.73. The molecule has 0 fully saturated rings. The topological polar surface area (TPSA) is 104 Å². The molecule has 1 amide bonds. The molecule has 0 aliphatic rings. The van der Waals surface area contributed by atoms with Crippen LogP contribution in [0.3, 0.4) is 0 Å². The van der Waals surface area contributed by atoms with E-state index in [4.69, 9.17) is 5.53 Å². The minimum atomic E-state index is -0.216. The molecule has 0 saturated heterocycles. The highest BCUT2D eigenvalue weighted by Gasteiger charge is 2.17. The molecule has 0 unspecified atom stereocenters. The van der Waals surface area contributed by atoms with Gasteiger partial charge >= 0.3 is 0 Å². The van der Waals surface area contributed by atoms with Crippen molar-refractivity contribution in [1.29, 1.82) is 0 Å². The van der Waals surface area contributed by atoms with Crippen LogP contribution in [-0.2, 0) is 0 Å². The SMILES string of the molecule is CC(C)c1nnsc1C(=O)NCCN=[N+]=[N-]. The summed E-state index contributed by atoms with van der Waals surface area (Å²) in [5.74, 6) is -0.0523. The number of rotatable bonds is 5. The van der Waals surface area contributed by atoms with Gasteiger partial charge in [0, 0.05) is 18.0 Å². The Balaban J connectivity index is 2.59. The molecular weight excluding hydrogens is 228 g/mol. The zero-order valence-electron chi connectivity index (χ0n) is 9.04. The van der Waals surface area contributed by atoms with Crippen LogP contribution in [0.5, 0.6) is 0 Å². The maximum Gasteiger partial charge on any atom is 0.264 e. The Morgan fingerprint density at radius 3 is 3.06 bits per heavy atom. The van der Waals surface area contributed by atoms with Gasteiger partial charge in [0.05, 0.1) is 5.69 Å². The number of amides is 1. The predicted octanol–water partition coefficient (Wildman–Crippen LogP) is 1.70. The molecular formula is C8H12N6OS. The summed E-state index contributed by atoms with van der Waals surface area (Å²) >= 11 is 1.07. The van der Waals surface area contributed by atoms with E-state index in [1.807, 2.05) is 13.8 Å². The predicted molar refractivity (Wildman–Crippen MR) is 60.3 cm³/mol. The summed E-state index contributed by atoms with van der Waals surface area (Å²) in [5.41, 5.74) is 8.76. The molecule has 0 bridgehead atoms. The van der Waals surface area contributed by atoms with Crippen molar-refractivity contribution in [2.75, 3.05) is 13.1 Å². The molecule has 86 valence electrons. The number of carbonyl (C=O) groups excluding carboxylic acids is 1. The van der Waals surface area contributed by atoms with E-state index in [0.717, 1.165) is 11.5 Å². The van der Waals surface area contributed by atoms with Crippen molar-refractivity contribution >= 4 is 17.4 Å². The van der Waals surface area contributed by atoms with Gasteiger partial charge in [0.2, 0.25) is 0 Å². The monoisotopic (exact) mass is 240 g/mol. The Morgan fingerprint density at radius 1 is 1.69 bits per heavy atom. The minimum absolute atomic E-state index is 0.164. The van der Waals surface area contributed by atoms with Crippen LogP contribution in [-0.4, -0.2) is 28.6 Å². The molecule has 1 heterocycles. The fourth-order valence-electron chi connectivity index (χ4n) is 1.08. The van der Waals surface area contributed by atoms with E-state index in [9.17, 15) is 4.79 Å². The molecule has 1 N–H and O–H groups in total. The van der Waals surface area contributed by atoms with E-state index in [-0.39, 0.29) is 18.4 Å². The molecule has 1 rings (SSSR count). The third-order valence-corrected chi connectivity index (χ3v) is 2.57. The van der Waals surface area contributed by atoms with Gasteiger partial charge in [-0.1, -0.05) is 23.4 Å². The van der Waals surface area contributed by atoms with Crippen molar-refractivity contribution in [3.8, 4) is 0 Å². The average molecular weight is 240 g/mol. The molecule has 16 heavy (non-hydrogen) atoms. The van der Waals surface area contributed by atoms with Crippen LogP contribution in [0.1, 0.15) is 35.1 Å². The molecule has 1 aromatic heterocycles. The van der Waals surface area contributed by atoms with Gasteiger partial charge in [0.25, 0.3) is 5.91 Å². The fraction of sp³-hybridized carbons (Fsp3) is 0.625. The molecule has 0 saturated carbocycles. The number of nitrogens with zero attached hydrogens (tertiary/aromatic N) is 5. The highest BCUT2D eigenvalue weighted by atomic mass is 32.1. The fourth-order valence-corrected chi connectivity index (χ4v) is 1.81. The molecule has 0 aliphatic heterocycles. The third kappa shape index (κ3) is 3.18. The van der Waals surface area contributed by atoms with Crippen LogP contribution in [0.15, 0.2) is 5.11 Å². The van der Waals surface area contributed by atoms with Crippen LogP contribution < -0.4 is 5.32 Å².